The Kier molecular flexibility index (Phi) is 2.80. The average Bonchev–Trinajstić information content (AvgIpc) is 3.16. The Labute approximate surface area is 106 Å². The molecule has 1 saturated carbocycles. The first-order valence-corrected chi connectivity index (χ1v) is 6.24. The second kappa shape index (κ2) is 4.46. The van der Waals surface area contributed by atoms with Crippen molar-refractivity contribution in [3.8, 4) is 17.0 Å². The van der Waals surface area contributed by atoms with Gasteiger partial charge in [0.1, 0.15) is 11.6 Å². The lowest BCUT2D eigenvalue weighted by Gasteiger charge is -2.08. The molecule has 1 aromatic carbocycles. The second-order valence-electron chi connectivity index (χ2n) is 4.69. The number of hydrogen-bond donors (Lipinski definition) is 2. The van der Waals surface area contributed by atoms with Crippen molar-refractivity contribution in [3.63, 3.8) is 0 Å². The van der Waals surface area contributed by atoms with Gasteiger partial charge >= 0.3 is 0 Å². The maximum Gasteiger partial charge on any atom is 0.123 e. The summed E-state index contributed by atoms with van der Waals surface area (Å²) in [5, 5.41) is 0. The van der Waals surface area contributed by atoms with E-state index in [0.29, 0.717) is 12.5 Å². The van der Waals surface area contributed by atoms with Crippen LogP contribution in [0.2, 0.25) is 0 Å². The minimum atomic E-state index is 0.473. The first-order chi connectivity index (χ1) is 8.81. The number of H-pyrrole nitrogens is 1. The Hall–Kier alpha value is -1.81. The molecule has 0 bridgehead atoms. The summed E-state index contributed by atoms with van der Waals surface area (Å²) in [5.41, 5.74) is 8.90. The molecule has 0 aliphatic heterocycles. The number of imidazole rings is 1. The predicted molar refractivity (Wildman–Crippen MR) is 70.4 cm³/mol. The lowest BCUT2D eigenvalue weighted by molar-refractivity contribution is 0.410. The summed E-state index contributed by atoms with van der Waals surface area (Å²) in [5.74, 6) is 2.59. The van der Waals surface area contributed by atoms with Crippen molar-refractivity contribution in [1.29, 1.82) is 0 Å². The molecule has 1 aromatic heterocycles. The van der Waals surface area contributed by atoms with Crippen molar-refractivity contribution in [1.82, 2.24) is 9.97 Å². The zero-order chi connectivity index (χ0) is 12.5. The highest BCUT2D eigenvalue weighted by atomic mass is 16.5. The smallest absolute Gasteiger partial charge is 0.123 e. The highest BCUT2D eigenvalue weighted by Crippen LogP contribution is 2.39. The molecule has 3 N–H and O–H groups in total. The van der Waals surface area contributed by atoms with E-state index in [1.165, 1.54) is 12.8 Å². The Morgan fingerprint density at radius 3 is 2.94 bits per heavy atom. The first kappa shape index (κ1) is 11.3. The largest absolute Gasteiger partial charge is 0.496 e. The van der Waals surface area contributed by atoms with Crippen LogP contribution in [0.1, 0.15) is 30.1 Å². The van der Waals surface area contributed by atoms with E-state index >= 15 is 0 Å². The van der Waals surface area contributed by atoms with E-state index in [1.54, 1.807) is 7.11 Å². The average molecular weight is 243 g/mol. The fourth-order valence-electron chi connectivity index (χ4n) is 2.15. The number of benzene rings is 1. The number of aromatic nitrogens is 2. The molecular weight excluding hydrogens is 226 g/mol. The number of hydrogen-bond acceptors (Lipinski definition) is 3. The standard InChI is InChI=1S/C14H17N3O/c1-18-13-5-4-10(6-11(13)7-15)12-8-16-14(17-12)9-2-3-9/h4-6,8-9H,2-3,7,15H2,1H3,(H,16,17). The highest BCUT2D eigenvalue weighted by molar-refractivity contribution is 5.61. The van der Waals surface area contributed by atoms with Crippen LogP contribution in [-0.2, 0) is 6.54 Å². The Bertz CT molecular complexity index is 558. The van der Waals surface area contributed by atoms with Crippen LogP contribution in [0.3, 0.4) is 0 Å². The van der Waals surface area contributed by atoms with Gasteiger partial charge in [0, 0.05) is 23.6 Å². The van der Waals surface area contributed by atoms with Crippen LogP contribution < -0.4 is 10.5 Å². The van der Waals surface area contributed by atoms with Crippen molar-refractivity contribution < 1.29 is 4.74 Å². The molecule has 1 fully saturated rings. The zero-order valence-corrected chi connectivity index (χ0v) is 10.4. The van der Waals surface area contributed by atoms with Gasteiger partial charge in [-0.1, -0.05) is 0 Å². The number of nitrogens with zero attached hydrogens (tertiary/aromatic N) is 1. The number of aromatic amines is 1. The van der Waals surface area contributed by atoms with Gasteiger partial charge in [-0.2, -0.15) is 0 Å². The SMILES string of the molecule is COc1ccc(-c2cnc(C3CC3)[nH]2)cc1CN. The van der Waals surface area contributed by atoms with Crippen molar-refractivity contribution in [2.45, 2.75) is 25.3 Å². The number of nitrogens with one attached hydrogen (secondary N) is 1. The van der Waals surface area contributed by atoms with Gasteiger partial charge in [-0.25, -0.2) is 4.98 Å². The molecule has 94 valence electrons. The summed E-state index contributed by atoms with van der Waals surface area (Å²) in [6, 6.07) is 6.04. The van der Waals surface area contributed by atoms with Gasteiger partial charge in [0.25, 0.3) is 0 Å². The molecule has 1 heterocycles. The molecule has 1 aliphatic rings. The van der Waals surface area contributed by atoms with Crippen LogP contribution in [0.5, 0.6) is 5.75 Å². The number of methoxy groups -OCH3 is 1. The number of nitrogens with two attached hydrogens (primary N) is 1. The maximum absolute atomic E-state index is 5.73. The van der Waals surface area contributed by atoms with Gasteiger partial charge in [0.05, 0.1) is 19.0 Å². The predicted octanol–water partition coefficient (Wildman–Crippen LogP) is 2.42. The van der Waals surface area contributed by atoms with Crippen molar-refractivity contribution in [2.75, 3.05) is 7.11 Å². The molecule has 0 radical (unpaired) electrons. The summed E-state index contributed by atoms with van der Waals surface area (Å²) >= 11 is 0. The van der Waals surface area contributed by atoms with E-state index < -0.39 is 0 Å². The molecular formula is C14H17N3O. The number of ether oxygens (including phenoxy) is 1. The normalized spacial score (nSPS) is 14.8. The third-order valence-corrected chi connectivity index (χ3v) is 3.37. The third-order valence-electron chi connectivity index (χ3n) is 3.37. The molecule has 0 saturated heterocycles. The maximum atomic E-state index is 5.73. The molecule has 0 atom stereocenters. The van der Waals surface area contributed by atoms with E-state index in [1.807, 2.05) is 18.3 Å². The molecule has 0 spiro atoms. The Balaban J connectivity index is 1.94. The molecule has 4 nitrogen and oxygen atoms in total. The molecule has 1 aliphatic carbocycles. The quantitative estimate of drug-likeness (QED) is 0.866. The summed E-state index contributed by atoms with van der Waals surface area (Å²) in [6.07, 6.45) is 4.41. The van der Waals surface area contributed by atoms with E-state index in [4.69, 9.17) is 10.5 Å². The molecule has 4 heteroatoms. The van der Waals surface area contributed by atoms with Crippen LogP contribution in [-0.4, -0.2) is 17.1 Å². The minimum absolute atomic E-state index is 0.473. The Morgan fingerprint density at radius 1 is 1.44 bits per heavy atom. The van der Waals surface area contributed by atoms with Gasteiger partial charge in [-0.05, 0) is 31.0 Å². The molecule has 2 aromatic rings. The van der Waals surface area contributed by atoms with Crippen LogP contribution >= 0.6 is 0 Å². The van der Waals surface area contributed by atoms with Crippen LogP contribution in [0, 0.1) is 0 Å². The Morgan fingerprint density at radius 2 is 2.28 bits per heavy atom. The molecule has 18 heavy (non-hydrogen) atoms. The van der Waals surface area contributed by atoms with Gasteiger partial charge < -0.3 is 15.5 Å². The molecule has 0 amide bonds. The van der Waals surface area contributed by atoms with E-state index in [2.05, 4.69) is 16.0 Å². The van der Waals surface area contributed by atoms with Crippen molar-refractivity contribution >= 4 is 0 Å². The number of rotatable bonds is 4. The lowest BCUT2D eigenvalue weighted by Crippen LogP contribution is -2.00. The van der Waals surface area contributed by atoms with Crippen LogP contribution in [0.15, 0.2) is 24.4 Å². The van der Waals surface area contributed by atoms with E-state index in [-0.39, 0.29) is 0 Å². The lowest BCUT2D eigenvalue weighted by atomic mass is 10.1. The van der Waals surface area contributed by atoms with Gasteiger partial charge in [0.15, 0.2) is 0 Å². The van der Waals surface area contributed by atoms with Crippen molar-refractivity contribution in [3.05, 3.63) is 35.8 Å². The van der Waals surface area contributed by atoms with Gasteiger partial charge in [0.2, 0.25) is 0 Å². The van der Waals surface area contributed by atoms with E-state index in [0.717, 1.165) is 28.4 Å². The van der Waals surface area contributed by atoms with Crippen molar-refractivity contribution in [2.24, 2.45) is 5.73 Å². The van der Waals surface area contributed by atoms with Gasteiger partial charge in [-0.15, -0.1) is 0 Å². The highest BCUT2D eigenvalue weighted by Gasteiger charge is 2.26. The van der Waals surface area contributed by atoms with E-state index in [9.17, 15) is 0 Å². The second-order valence-corrected chi connectivity index (χ2v) is 4.69. The first-order valence-electron chi connectivity index (χ1n) is 6.24. The van der Waals surface area contributed by atoms with Gasteiger partial charge in [-0.3, -0.25) is 0 Å². The third kappa shape index (κ3) is 1.99. The molecule has 3 rings (SSSR count). The van der Waals surface area contributed by atoms with Crippen LogP contribution in [0.25, 0.3) is 11.3 Å². The molecule has 0 unspecified atom stereocenters. The zero-order valence-electron chi connectivity index (χ0n) is 10.4. The summed E-state index contributed by atoms with van der Waals surface area (Å²) in [6.45, 7) is 0.473. The monoisotopic (exact) mass is 243 g/mol. The fraction of sp³-hybridized carbons (Fsp3) is 0.357. The van der Waals surface area contributed by atoms with Crippen LogP contribution in [0.4, 0.5) is 0 Å². The summed E-state index contributed by atoms with van der Waals surface area (Å²) < 4.78 is 5.27. The topological polar surface area (TPSA) is 63.9 Å². The summed E-state index contributed by atoms with van der Waals surface area (Å²) in [4.78, 5) is 7.82. The minimum Gasteiger partial charge on any atom is -0.496 e. The summed E-state index contributed by atoms with van der Waals surface area (Å²) in [7, 11) is 1.66. The fourth-order valence-corrected chi connectivity index (χ4v) is 2.15.